The Morgan fingerprint density at radius 2 is 2.00 bits per heavy atom. The molecule has 1 N–H and O–H groups in total. The van der Waals surface area contributed by atoms with Gasteiger partial charge in [0.15, 0.2) is 0 Å². The average molecular weight is 226 g/mol. The Hall–Kier alpha value is -1.10. The highest BCUT2D eigenvalue weighted by atomic mass is 35.5. The molecule has 1 rings (SSSR count). The fraction of sp³-hybridized carbons (Fsp3) is 0.250. The number of halogens is 4. The maximum absolute atomic E-state index is 11.8. The predicted octanol–water partition coefficient (Wildman–Crippen LogP) is 3.28. The van der Waals surface area contributed by atoms with E-state index in [1.807, 2.05) is 0 Å². The van der Waals surface area contributed by atoms with E-state index < -0.39 is 6.36 Å². The summed E-state index contributed by atoms with van der Waals surface area (Å²) in [6, 6.07) is 3.65. The standard InChI is InChI=1S/C8H7ClF3NO/c1-13-7-4-5(2-3-6(7)9)14-8(10,11)12/h2-4,13H,1H3. The van der Waals surface area contributed by atoms with Crippen LogP contribution in [0.25, 0.3) is 0 Å². The fourth-order valence-corrected chi connectivity index (χ4v) is 1.11. The molecule has 0 aliphatic rings. The molecule has 0 atom stereocenters. The zero-order valence-electron chi connectivity index (χ0n) is 7.15. The number of nitrogens with one attached hydrogen (secondary N) is 1. The number of ether oxygens (including phenoxy) is 1. The third-order valence-electron chi connectivity index (χ3n) is 1.44. The van der Waals surface area contributed by atoms with E-state index in [0.29, 0.717) is 10.7 Å². The van der Waals surface area contributed by atoms with Gasteiger partial charge >= 0.3 is 6.36 Å². The summed E-state index contributed by atoms with van der Waals surface area (Å²) in [5.74, 6) is -0.300. The SMILES string of the molecule is CNc1cc(OC(F)(F)F)ccc1Cl. The zero-order chi connectivity index (χ0) is 10.8. The van der Waals surface area contributed by atoms with E-state index in [-0.39, 0.29) is 5.75 Å². The molecule has 14 heavy (non-hydrogen) atoms. The lowest BCUT2D eigenvalue weighted by molar-refractivity contribution is -0.274. The maximum atomic E-state index is 11.8. The van der Waals surface area contributed by atoms with Gasteiger partial charge in [-0.1, -0.05) is 11.6 Å². The van der Waals surface area contributed by atoms with Crippen LogP contribution in [0.5, 0.6) is 5.75 Å². The Labute approximate surface area is 83.6 Å². The minimum Gasteiger partial charge on any atom is -0.406 e. The van der Waals surface area contributed by atoms with Crippen LogP contribution in [0.2, 0.25) is 5.02 Å². The van der Waals surface area contributed by atoms with Crippen molar-refractivity contribution in [2.24, 2.45) is 0 Å². The summed E-state index contributed by atoms with van der Waals surface area (Å²) in [5.41, 5.74) is 0.383. The third-order valence-corrected chi connectivity index (χ3v) is 1.77. The van der Waals surface area contributed by atoms with Crippen molar-refractivity contribution in [3.05, 3.63) is 23.2 Å². The third kappa shape index (κ3) is 2.99. The van der Waals surface area contributed by atoms with Crippen molar-refractivity contribution in [2.45, 2.75) is 6.36 Å². The molecule has 6 heteroatoms. The van der Waals surface area contributed by atoms with Gasteiger partial charge in [-0.15, -0.1) is 13.2 Å². The summed E-state index contributed by atoms with van der Waals surface area (Å²) in [4.78, 5) is 0. The number of hydrogen-bond donors (Lipinski definition) is 1. The van der Waals surface area contributed by atoms with E-state index in [4.69, 9.17) is 11.6 Å². The molecule has 2 nitrogen and oxygen atoms in total. The molecular weight excluding hydrogens is 219 g/mol. The number of hydrogen-bond acceptors (Lipinski definition) is 2. The highest BCUT2D eigenvalue weighted by molar-refractivity contribution is 6.33. The van der Waals surface area contributed by atoms with Gasteiger partial charge in [-0.2, -0.15) is 0 Å². The van der Waals surface area contributed by atoms with E-state index >= 15 is 0 Å². The molecule has 0 amide bonds. The van der Waals surface area contributed by atoms with Crippen LogP contribution in [0.3, 0.4) is 0 Å². The zero-order valence-corrected chi connectivity index (χ0v) is 7.91. The molecule has 1 aromatic carbocycles. The molecule has 1 aromatic rings. The van der Waals surface area contributed by atoms with E-state index in [0.717, 1.165) is 6.07 Å². The van der Waals surface area contributed by atoms with Crippen LogP contribution >= 0.6 is 11.6 Å². The summed E-state index contributed by atoms with van der Waals surface area (Å²) in [6.45, 7) is 0. The summed E-state index contributed by atoms with van der Waals surface area (Å²) >= 11 is 5.67. The van der Waals surface area contributed by atoms with E-state index in [2.05, 4.69) is 10.1 Å². The summed E-state index contributed by atoms with van der Waals surface area (Å²) in [7, 11) is 1.55. The van der Waals surface area contributed by atoms with Gasteiger partial charge in [-0.05, 0) is 12.1 Å². The van der Waals surface area contributed by atoms with Gasteiger partial charge in [-0.3, -0.25) is 0 Å². The summed E-state index contributed by atoms with van der Waals surface area (Å²) < 4.78 is 39.1. The Balaban J connectivity index is 2.90. The first kappa shape index (κ1) is 11.0. The fourth-order valence-electron chi connectivity index (χ4n) is 0.893. The van der Waals surface area contributed by atoms with E-state index in [1.165, 1.54) is 12.1 Å². The van der Waals surface area contributed by atoms with Gasteiger partial charge in [0, 0.05) is 13.1 Å². The molecule has 0 aliphatic heterocycles. The number of anilines is 1. The molecule has 0 spiro atoms. The van der Waals surface area contributed by atoms with Crippen molar-refractivity contribution < 1.29 is 17.9 Å². The monoisotopic (exact) mass is 225 g/mol. The highest BCUT2D eigenvalue weighted by Crippen LogP contribution is 2.29. The molecule has 0 heterocycles. The molecular formula is C8H7ClF3NO. The Morgan fingerprint density at radius 1 is 1.36 bits per heavy atom. The van der Waals surface area contributed by atoms with Crippen molar-refractivity contribution in [3.8, 4) is 5.75 Å². The normalized spacial score (nSPS) is 11.2. The number of rotatable bonds is 2. The largest absolute Gasteiger partial charge is 0.573 e. The first-order chi connectivity index (χ1) is 6.42. The number of benzene rings is 1. The van der Waals surface area contributed by atoms with Gasteiger partial charge in [0.1, 0.15) is 5.75 Å². The van der Waals surface area contributed by atoms with Gasteiger partial charge in [0.2, 0.25) is 0 Å². The van der Waals surface area contributed by atoms with Crippen LogP contribution in [0.15, 0.2) is 18.2 Å². The smallest absolute Gasteiger partial charge is 0.406 e. The second-order valence-electron chi connectivity index (χ2n) is 2.44. The lowest BCUT2D eigenvalue weighted by Crippen LogP contribution is -2.17. The van der Waals surface area contributed by atoms with Crippen LogP contribution in [0, 0.1) is 0 Å². The minimum absolute atomic E-state index is 0.300. The van der Waals surface area contributed by atoms with Crippen LogP contribution < -0.4 is 10.1 Å². The van der Waals surface area contributed by atoms with Crippen molar-refractivity contribution in [2.75, 3.05) is 12.4 Å². The molecule has 0 aliphatic carbocycles. The second-order valence-corrected chi connectivity index (χ2v) is 2.85. The molecule has 0 aromatic heterocycles. The van der Waals surface area contributed by atoms with Gasteiger partial charge < -0.3 is 10.1 Å². The lowest BCUT2D eigenvalue weighted by Gasteiger charge is -2.10. The van der Waals surface area contributed by atoms with Crippen molar-refractivity contribution in [3.63, 3.8) is 0 Å². The van der Waals surface area contributed by atoms with Crippen molar-refractivity contribution in [1.82, 2.24) is 0 Å². The first-order valence-electron chi connectivity index (χ1n) is 3.65. The minimum atomic E-state index is -4.68. The van der Waals surface area contributed by atoms with Crippen LogP contribution in [-0.2, 0) is 0 Å². The molecule has 78 valence electrons. The Morgan fingerprint density at radius 3 is 2.50 bits per heavy atom. The molecule has 0 saturated carbocycles. The molecule has 0 radical (unpaired) electrons. The molecule has 0 saturated heterocycles. The van der Waals surface area contributed by atoms with Crippen molar-refractivity contribution in [1.29, 1.82) is 0 Å². The van der Waals surface area contributed by atoms with Gasteiger partial charge in [0.25, 0.3) is 0 Å². The van der Waals surface area contributed by atoms with Crippen LogP contribution in [0.1, 0.15) is 0 Å². The van der Waals surface area contributed by atoms with Gasteiger partial charge in [0.05, 0.1) is 10.7 Å². The average Bonchev–Trinajstić information content (AvgIpc) is 2.06. The Bertz CT molecular complexity index is 327. The van der Waals surface area contributed by atoms with Gasteiger partial charge in [-0.25, -0.2) is 0 Å². The summed E-state index contributed by atoms with van der Waals surface area (Å²) in [5, 5.41) is 2.98. The van der Waals surface area contributed by atoms with Crippen LogP contribution in [-0.4, -0.2) is 13.4 Å². The summed E-state index contributed by atoms with van der Waals surface area (Å²) in [6.07, 6.45) is -4.68. The molecule has 0 fully saturated rings. The maximum Gasteiger partial charge on any atom is 0.573 e. The Kier molecular flexibility index (Phi) is 3.10. The predicted molar refractivity (Wildman–Crippen MR) is 47.7 cm³/mol. The quantitative estimate of drug-likeness (QED) is 0.834. The molecule has 0 unspecified atom stereocenters. The number of alkyl halides is 3. The van der Waals surface area contributed by atoms with Crippen molar-refractivity contribution >= 4 is 17.3 Å². The first-order valence-corrected chi connectivity index (χ1v) is 4.03. The van der Waals surface area contributed by atoms with E-state index in [1.54, 1.807) is 7.05 Å². The second kappa shape index (κ2) is 3.96. The highest BCUT2D eigenvalue weighted by Gasteiger charge is 2.31. The molecule has 0 bridgehead atoms. The lowest BCUT2D eigenvalue weighted by atomic mass is 10.3. The van der Waals surface area contributed by atoms with Crippen LogP contribution in [0.4, 0.5) is 18.9 Å². The topological polar surface area (TPSA) is 21.3 Å². The van der Waals surface area contributed by atoms with E-state index in [9.17, 15) is 13.2 Å².